The first-order valence-corrected chi connectivity index (χ1v) is 7.29. The zero-order valence-corrected chi connectivity index (χ0v) is 11.1. The molecular weight excluding hydrogens is 242 g/mol. The van der Waals surface area contributed by atoms with Gasteiger partial charge in [-0.15, -0.1) is 0 Å². The van der Waals surface area contributed by atoms with Gasteiger partial charge in [0, 0.05) is 33.4 Å². The number of halogens is 1. The van der Waals surface area contributed by atoms with E-state index in [1.807, 2.05) is 31.2 Å². The van der Waals surface area contributed by atoms with Crippen LogP contribution in [0.5, 0.6) is 0 Å². The van der Waals surface area contributed by atoms with E-state index >= 15 is 0 Å². The molecule has 0 aliphatic carbocycles. The maximum atomic E-state index is 11.7. The third-order valence-corrected chi connectivity index (χ3v) is 3.92. The van der Waals surface area contributed by atoms with Gasteiger partial charge in [0.1, 0.15) is 0 Å². The molecule has 16 heavy (non-hydrogen) atoms. The topological polar surface area (TPSA) is 43.1 Å². The molecule has 1 aromatic carbocycles. The van der Waals surface area contributed by atoms with Gasteiger partial charge >= 0.3 is 0 Å². The van der Waals surface area contributed by atoms with Gasteiger partial charge in [0.15, 0.2) is 0 Å². The van der Waals surface area contributed by atoms with Crippen LogP contribution in [0, 0.1) is 0 Å². The third kappa shape index (κ3) is 5.64. The normalized spacial score (nSPS) is 14.7. The van der Waals surface area contributed by atoms with Gasteiger partial charge in [0.25, 0.3) is 0 Å². The molecule has 0 saturated carbocycles. The Labute approximate surface area is 105 Å². The minimum absolute atomic E-state index is 0.201. The molecule has 0 aliphatic rings. The summed E-state index contributed by atoms with van der Waals surface area (Å²) in [7, 11) is -0.793. The molecule has 0 saturated heterocycles. The lowest BCUT2D eigenvalue weighted by atomic mass is 10.2. The zero-order valence-electron chi connectivity index (χ0n) is 9.49. The van der Waals surface area contributed by atoms with E-state index in [2.05, 4.69) is 0 Å². The molecule has 0 aromatic heterocycles. The van der Waals surface area contributed by atoms with E-state index in [0.717, 1.165) is 24.2 Å². The van der Waals surface area contributed by atoms with E-state index in [1.54, 1.807) is 0 Å². The van der Waals surface area contributed by atoms with Crippen molar-refractivity contribution in [2.45, 2.75) is 31.6 Å². The first-order chi connectivity index (χ1) is 7.58. The average molecular weight is 260 g/mol. The average Bonchev–Trinajstić information content (AvgIpc) is 2.21. The Kier molecular flexibility index (Phi) is 6.03. The van der Waals surface area contributed by atoms with Gasteiger partial charge in [-0.2, -0.15) is 0 Å². The number of rotatable bonds is 6. The Morgan fingerprint density at radius 2 is 2.00 bits per heavy atom. The predicted molar refractivity (Wildman–Crippen MR) is 71.0 cm³/mol. The second-order valence-corrected chi connectivity index (χ2v) is 6.05. The Hall–Kier alpha value is -0.380. The van der Waals surface area contributed by atoms with E-state index in [9.17, 15) is 4.21 Å². The van der Waals surface area contributed by atoms with Crippen LogP contribution in [-0.4, -0.2) is 16.0 Å². The van der Waals surface area contributed by atoms with E-state index in [4.69, 9.17) is 17.3 Å². The maximum Gasteiger partial charge on any atom is 0.0485 e. The van der Waals surface area contributed by atoms with E-state index < -0.39 is 10.8 Å². The van der Waals surface area contributed by atoms with Crippen LogP contribution in [0.2, 0.25) is 5.02 Å². The summed E-state index contributed by atoms with van der Waals surface area (Å²) in [5, 5.41) is 0.714. The number of hydrogen-bond acceptors (Lipinski definition) is 2. The first-order valence-electron chi connectivity index (χ1n) is 5.43. The fourth-order valence-corrected chi connectivity index (χ4v) is 2.73. The van der Waals surface area contributed by atoms with Crippen LogP contribution < -0.4 is 5.73 Å². The molecule has 2 N–H and O–H groups in total. The third-order valence-electron chi connectivity index (χ3n) is 2.27. The number of benzene rings is 1. The Morgan fingerprint density at radius 3 is 2.56 bits per heavy atom. The number of hydrogen-bond donors (Lipinski definition) is 1. The van der Waals surface area contributed by atoms with E-state index in [-0.39, 0.29) is 6.04 Å². The van der Waals surface area contributed by atoms with Crippen LogP contribution in [0.3, 0.4) is 0 Å². The van der Waals surface area contributed by atoms with Crippen LogP contribution in [0.25, 0.3) is 0 Å². The highest BCUT2D eigenvalue weighted by Crippen LogP contribution is 2.11. The lowest BCUT2D eigenvalue weighted by molar-refractivity contribution is 0.643. The second-order valence-electron chi connectivity index (χ2n) is 4.03. The molecule has 0 fully saturated rings. The minimum atomic E-state index is -0.793. The van der Waals surface area contributed by atoms with Crippen LogP contribution in [0.15, 0.2) is 24.3 Å². The van der Waals surface area contributed by atoms with Crippen molar-refractivity contribution in [2.75, 3.05) is 5.75 Å². The monoisotopic (exact) mass is 259 g/mol. The van der Waals surface area contributed by atoms with Gasteiger partial charge in [0.05, 0.1) is 0 Å². The molecule has 4 heteroatoms. The molecule has 0 amide bonds. The largest absolute Gasteiger partial charge is 0.328 e. The summed E-state index contributed by atoms with van der Waals surface area (Å²) in [6, 6.07) is 7.71. The van der Waals surface area contributed by atoms with Crippen LogP contribution in [0.1, 0.15) is 25.3 Å². The molecule has 1 aromatic rings. The summed E-state index contributed by atoms with van der Waals surface area (Å²) in [4.78, 5) is 0. The summed E-state index contributed by atoms with van der Waals surface area (Å²) >= 11 is 5.78. The fraction of sp³-hybridized carbons (Fsp3) is 0.500. The Bertz CT molecular complexity index is 337. The fourth-order valence-electron chi connectivity index (χ4n) is 1.40. The Balaban J connectivity index is 2.31. The molecule has 0 heterocycles. The Morgan fingerprint density at radius 1 is 1.38 bits per heavy atom. The molecular formula is C12H18ClNOS. The molecule has 0 radical (unpaired) electrons. The minimum Gasteiger partial charge on any atom is -0.328 e. The van der Waals surface area contributed by atoms with Crippen molar-refractivity contribution in [3.63, 3.8) is 0 Å². The summed E-state index contributed by atoms with van der Waals surface area (Å²) in [6.45, 7) is 1.97. The second kappa shape index (κ2) is 7.05. The van der Waals surface area contributed by atoms with Crippen molar-refractivity contribution in [3.05, 3.63) is 34.9 Å². The van der Waals surface area contributed by atoms with Gasteiger partial charge in [-0.05, 0) is 37.5 Å². The van der Waals surface area contributed by atoms with Gasteiger partial charge in [-0.1, -0.05) is 23.7 Å². The molecule has 0 bridgehead atoms. The highest BCUT2D eigenvalue weighted by atomic mass is 35.5. The number of nitrogens with two attached hydrogens (primary N) is 1. The summed E-state index contributed by atoms with van der Waals surface area (Å²) in [6.07, 6.45) is 1.87. The van der Waals surface area contributed by atoms with Crippen LogP contribution >= 0.6 is 11.6 Å². The smallest absolute Gasteiger partial charge is 0.0485 e. The van der Waals surface area contributed by atoms with Crippen LogP contribution in [0.4, 0.5) is 0 Å². The summed E-state index contributed by atoms with van der Waals surface area (Å²) in [5.74, 6) is 1.33. The summed E-state index contributed by atoms with van der Waals surface area (Å²) in [5.41, 5.74) is 6.71. The van der Waals surface area contributed by atoms with Gasteiger partial charge in [-0.3, -0.25) is 4.21 Å². The van der Waals surface area contributed by atoms with Crippen molar-refractivity contribution in [3.8, 4) is 0 Å². The molecule has 2 unspecified atom stereocenters. The van der Waals surface area contributed by atoms with Crippen molar-refractivity contribution < 1.29 is 4.21 Å². The predicted octanol–water partition coefficient (Wildman–Crippen LogP) is 2.72. The summed E-state index contributed by atoms with van der Waals surface area (Å²) < 4.78 is 11.7. The standard InChI is InChI=1S/C12H18ClNOS/c1-10(14)3-2-8-16(15)9-11-4-6-12(13)7-5-11/h4-7,10H,2-3,8-9,14H2,1H3. The van der Waals surface area contributed by atoms with Crippen LogP contribution in [-0.2, 0) is 16.6 Å². The highest BCUT2D eigenvalue weighted by molar-refractivity contribution is 7.84. The lowest BCUT2D eigenvalue weighted by Gasteiger charge is -2.05. The highest BCUT2D eigenvalue weighted by Gasteiger charge is 2.03. The lowest BCUT2D eigenvalue weighted by Crippen LogP contribution is -2.15. The van der Waals surface area contributed by atoms with Crippen molar-refractivity contribution in [2.24, 2.45) is 5.73 Å². The van der Waals surface area contributed by atoms with Gasteiger partial charge in [0.2, 0.25) is 0 Å². The molecule has 2 nitrogen and oxygen atoms in total. The maximum absolute atomic E-state index is 11.7. The van der Waals surface area contributed by atoms with Gasteiger partial charge < -0.3 is 5.73 Å². The molecule has 0 aliphatic heterocycles. The zero-order chi connectivity index (χ0) is 12.0. The van der Waals surface area contributed by atoms with Crippen molar-refractivity contribution in [1.29, 1.82) is 0 Å². The molecule has 2 atom stereocenters. The van der Waals surface area contributed by atoms with E-state index in [1.165, 1.54) is 0 Å². The van der Waals surface area contributed by atoms with E-state index in [0.29, 0.717) is 10.8 Å². The van der Waals surface area contributed by atoms with Gasteiger partial charge in [-0.25, -0.2) is 0 Å². The quantitative estimate of drug-likeness (QED) is 0.854. The van der Waals surface area contributed by atoms with Crippen molar-refractivity contribution in [1.82, 2.24) is 0 Å². The molecule has 0 spiro atoms. The molecule has 90 valence electrons. The first kappa shape index (κ1) is 13.7. The molecule has 1 rings (SSSR count). The van der Waals surface area contributed by atoms with Crippen molar-refractivity contribution >= 4 is 22.4 Å². The SMILES string of the molecule is CC(N)CCCS(=O)Cc1ccc(Cl)cc1.